The van der Waals surface area contributed by atoms with E-state index in [1.54, 1.807) is 7.05 Å². The fourth-order valence-corrected chi connectivity index (χ4v) is 9.26. The molecule has 13 heteroatoms. The number of ether oxygens (including phenoxy) is 2. The first kappa shape index (κ1) is 39.1. The smallest absolute Gasteiger partial charge is 0.417 e. The van der Waals surface area contributed by atoms with Crippen LogP contribution in [0.15, 0.2) is 52.3 Å². The zero-order valence-corrected chi connectivity index (χ0v) is 31.9. The van der Waals surface area contributed by atoms with E-state index >= 15 is 13.2 Å². The van der Waals surface area contributed by atoms with Crippen LogP contribution < -0.4 is 9.47 Å². The van der Waals surface area contributed by atoms with Gasteiger partial charge in [0.1, 0.15) is 17.1 Å². The van der Waals surface area contributed by atoms with Gasteiger partial charge < -0.3 is 24.2 Å². The van der Waals surface area contributed by atoms with E-state index in [1.165, 1.54) is 6.07 Å². The minimum atomic E-state index is -4.82. The molecule has 3 aromatic rings. The molecule has 0 saturated carbocycles. The van der Waals surface area contributed by atoms with Gasteiger partial charge >= 0.3 is 6.18 Å². The van der Waals surface area contributed by atoms with Crippen LogP contribution in [-0.2, 0) is 19.1 Å². The molecule has 0 radical (unpaired) electrons. The lowest BCUT2D eigenvalue weighted by atomic mass is 9.58. The summed E-state index contributed by atoms with van der Waals surface area (Å²) in [7, 11) is 1.76. The molecule has 2 aromatic carbocycles. The van der Waals surface area contributed by atoms with Crippen molar-refractivity contribution in [2.24, 2.45) is 11.8 Å². The van der Waals surface area contributed by atoms with Crippen LogP contribution >= 0.6 is 0 Å². The van der Waals surface area contributed by atoms with Crippen LogP contribution in [0.1, 0.15) is 127 Å². The number of aliphatic hydroxyl groups excluding tert-OH is 1. The molecule has 1 unspecified atom stereocenters. The highest BCUT2D eigenvalue weighted by Crippen LogP contribution is 2.58. The van der Waals surface area contributed by atoms with Gasteiger partial charge in [0, 0.05) is 24.1 Å². The molecular formula is C42H50F3N3O7. The van der Waals surface area contributed by atoms with E-state index in [0.29, 0.717) is 45.3 Å². The quantitative estimate of drug-likeness (QED) is 0.165. The topological polar surface area (TPSA) is 126 Å². The molecule has 0 spiro atoms. The van der Waals surface area contributed by atoms with Crippen LogP contribution in [-0.4, -0.2) is 75.7 Å². The summed E-state index contributed by atoms with van der Waals surface area (Å²) < 4.78 is 64.6. The Morgan fingerprint density at radius 2 is 1.76 bits per heavy atom. The van der Waals surface area contributed by atoms with E-state index in [0.717, 1.165) is 18.4 Å². The average molecular weight is 766 g/mol. The van der Waals surface area contributed by atoms with Crippen molar-refractivity contribution in [1.29, 1.82) is 0 Å². The van der Waals surface area contributed by atoms with Crippen molar-refractivity contribution in [1.82, 2.24) is 15.0 Å². The number of carbonyl (C=O) groups excluding carboxylic acids is 2. The number of alkyl halides is 3. The Balaban J connectivity index is 1.38. The predicted octanol–water partition coefficient (Wildman–Crippen LogP) is 8.20. The number of benzene rings is 2. The molecule has 1 saturated heterocycles. The van der Waals surface area contributed by atoms with Crippen molar-refractivity contribution in [3.05, 3.63) is 86.9 Å². The lowest BCUT2D eigenvalue weighted by Gasteiger charge is -2.50. The van der Waals surface area contributed by atoms with Crippen LogP contribution in [0.2, 0.25) is 0 Å². The minimum Gasteiger partial charge on any atom is -0.508 e. The number of hydrogen-bond acceptors (Lipinski definition) is 10. The molecule has 5 atom stereocenters. The maximum atomic E-state index is 15.6. The van der Waals surface area contributed by atoms with Gasteiger partial charge in [-0.05, 0) is 92.5 Å². The van der Waals surface area contributed by atoms with Gasteiger partial charge in [0.2, 0.25) is 5.78 Å². The zero-order chi connectivity index (χ0) is 39.2. The van der Waals surface area contributed by atoms with E-state index in [4.69, 9.17) is 14.0 Å². The summed E-state index contributed by atoms with van der Waals surface area (Å²) in [4.78, 5) is 33.1. The Bertz CT molecular complexity index is 1960. The normalized spacial score (nSPS) is 25.2. The number of aromatic nitrogens is 1. The molecule has 3 aliphatic carbocycles. The number of likely N-dealkylation sites (tertiary alicyclic amines) is 1. The molecule has 1 aromatic heterocycles. The lowest BCUT2D eigenvalue weighted by molar-refractivity contribution is -0.139. The summed E-state index contributed by atoms with van der Waals surface area (Å²) in [6, 6.07) is 9.61. The molecule has 55 heavy (non-hydrogen) atoms. The van der Waals surface area contributed by atoms with Gasteiger partial charge in [-0.1, -0.05) is 63.9 Å². The van der Waals surface area contributed by atoms with E-state index in [9.17, 15) is 19.8 Å². The maximum Gasteiger partial charge on any atom is 0.417 e. The first-order chi connectivity index (χ1) is 26.4. The molecule has 7 rings (SSSR count). The molecule has 2 heterocycles. The van der Waals surface area contributed by atoms with Gasteiger partial charge in [0.05, 0.1) is 30.4 Å². The SMILES string of the molecule is CCCCOc1cc(C2CCCN2Cc2ccccc2)c(C(F)(F)F)c2c1C(=O)C1=C(O)[C@]3(O)C(=O)c4c(OCCCC)noc4[C@@H](N(C)CC)[C@@H]3C[C@@H]1C2. The number of nitrogens with zero attached hydrogens (tertiary/aromatic N) is 3. The molecule has 0 amide bonds. The highest BCUT2D eigenvalue weighted by molar-refractivity contribution is 6.16. The number of Topliss-reactive ketones (excluding diaryl/α,β-unsaturated/α-hetero) is 2. The Morgan fingerprint density at radius 1 is 1.05 bits per heavy atom. The standard InChI is InChI=1S/C42H50F3N3O7/c1-5-8-18-53-30-22-26(29-16-13-17-48(29)23-24-14-11-10-12-15-24)34(42(43,44)45)27-20-25-21-28-35(47(4)7-3)37-33(40(46-55-37)54-19-9-6-2)39(51)41(28,52)38(50)31(25)36(49)32(27)30/h10-12,14-15,22,25,28-29,35,50,52H,5-9,13,16-21,23H2,1-4H3/t25-,28-,29?,35-,41-/m0/s1. The highest BCUT2D eigenvalue weighted by atomic mass is 19.4. The third kappa shape index (κ3) is 6.65. The predicted molar refractivity (Wildman–Crippen MR) is 197 cm³/mol. The number of rotatable bonds is 13. The van der Waals surface area contributed by atoms with Gasteiger partial charge in [0.15, 0.2) is 17.1 Å². The number of allylic oxidation sites excluding steroid dienone is 1. The second kappa shape index (κ2) is 15.4. The molecule has 1 aliphatic heterocycles. The summed E-state index contributed by atoms with van der Waals surface area (Å²) in [5.74, 6) is -4.62. The largest absolute Gasteiger partial charge is 0.508 e. The van der Waals surface area contributed by atoms with Crippen molar-refractivity contribution in [2.75, 3.05) is 33.4 Å². The van der Waals surface area contributed by atoms with E-state index in [2.05, 4.69) is 10.1 Å². The molecule has 2 N–H and O–H groups in total. The number of hydrogen-bond donors (Lipinski definition) is 2. The minimum absolute atomic E-state index is 0.0161. The summed E-state index contributed by atoms with van der Waals surface area (Å²) in [5, 5.41) is 28.6. The summed E-state index contributed by atoms with van der Waals surface area (Å²) in [6.45, 7) is 7.71. The average Bonchev–Trinajstić information content (AvgIpc) is 3.80. The second-order valence-electron chi connectivity index (χ2n) is 15.4. The fourth-order valence-electron chi connectivity index (χ4n) is 9.26. The number of fused-ring (bicyclic) bond motifs is 4. The fraction of sp³-hybridized carbons (Fsp3) is 0.548. The molecule has 296 valence electrons. The third-order valence-corrected chi connectivity index (χ3v) is 12.1. The van der Waals surface area contributed by atoms with Crippen LogP contribution in [0.25, 0.3) is 0 Å². The summed E-state index contributed by atoms with van der Waals surface area (Å²) in [5.41, 5.74) is -3.21. The molecule has 1 fully saturated rings. The van der Waals surface area contributed by atoms with Crippen molar-refractivity contribution in [3.8, 4) is 11.6 Å². The number of unbranched alkanes of at least 4 members (excludes halogenated alkanes) is 2. The van der Waals surface area contributed by atoms with Gasteiger partial charge in [-0.25, -0.2) is 0 Å². The molecule has 0 bridgehead atoms. The van der Waals surface area contributed by atoms with Gasteiger partial charge in [0.25, 0.3) is 5.88 Å². The number of ketones is 2. The van der Waals surface area contributed by atoms with Crippen LogP contribution in [0.3, 0.4) is 0 Å². The van der Waals surface area contributed by atoms with E-state index < -0.39 is 58.6 Å². The second-order valence-corrected chi connectivity index (χ2v) is 15.4. The van der Waals surface area contributed by atoms with Crippen molar-refractivity contribution >= 4 is 11.6 Å². The number of carbonyl (C=O) groups is 2. The number of aliphatic hydroxyl groups is 2. The first-order valence-electron chi connectivity index (χ1n) is 19.6. The van der Waals surface area contributed by atoms with Gasteiger partial charge in [-0.15, -0.1) is 0 Å². The van der Waals surface area contributed by atoms with Crippen molar-refractivity contribution in [3.63, 3.8) is 0 Å². The number of halogens is 3. The van der Waals surface area contributed by atoms with Gasteiger partial charge in [-0.2, -0.15) is 13.2 Å². The molecular weight excluding hydrogens is 715 g/mol. The molecule has 10 nitrogen and oxygen atoms in total. The Morgan fingerprint density at radius 3 is 2.44 bits per heavy atom. The van der Waals surface area contributed by atoms with Crippen LogP contribution in [0, 0.1) is 11.8 Å². The zero-order valence-electron chi connectivity index (χ0n) is 31.9. The lowest BCUT2D eigenvalue weighted by Crippen LogP contribution is -2.59. The van der Waals surface area contributed by atoms with Crippen molar-refractivity contribution < 1.29 is 47.0 Å². The van der Waals surface area contributed by atoms with E-state index in [1.807, 2.05) is 56.0 Å². The monoisotopic (exact) mass is 765 g/mol. The summed E-state index contributed by atoms with van der Waals surface area (Å²) in [6.07, 6.45) is -1.11. The Labute approximate surface area is 319 Å². The molecule has 4 aliphatic rings. The van der Waals surface area contributed by atoms with E-state index in [-0.39, 0.29) is 71.3 Å². The Hall–Kier alpha value is -4.20. The Kier molecular flexibility index (Phi) is 10.9. The van der Waals surface area contributed by atoms with Crippen molar-refractivity contribution in [2.45, 2.75) is 103 Å². The maximum absolute atomic E-state index is 15.6. The van der Waals surface area contributed by atoms with Crippen LogP contribution in [0.5, 0.6) is 11.6 Å². The highest BCUT2D eigenvalue weighted by Gasteiger charge is 2.64. The van der Waals surface area contributed by atoms with Crippen LogP contribution in [0.4, 0.5) is 13.2 Å². The summed E-state index contributed by atoms with van der Waals surface area (Å²) >= 11 is 0. The third-order valence-electron chi connectivity index (χ3n) is 12.1. The first-order valence-corrected chi connectivity index (χ1v) is 19.6. The van der Waals surface area contributed by atoms with Gasteiger partial charge in [-0.3, -0.25) is 19.4 Å².